The van der Waals surface area contributed by atoms with Crippen molar-refractivity contribution in [2.45, 2.75) is 18.7 Å². The Labute approximate surface area is 151 Å². The number of hydrogen-bond donors (Lipinski definition) is 0. The average Bonchev–Trinajstić information content (AvgIpc) is 3.14. The molecule has 4 heteroatoms. The van der Waals surface area contributed by atoms with Crippen LogP contribution in [0.3, 0.4) is 0 Å². The molecule has 128 valence electrons. The van der Waals surface area contributed by atoms with Crippen LogP contribution >= 0.6 is 0 Å². The van der Waals surface area contributed by atoms with Gasteiger partial charge in [0, 0.05) is 17.5 Å². The normalized spacial score (nSPS) is 20.8. The van der Waals surface area contributed by atoms with Gasteiger partial charge in [0.25, 0.3) is 0 Å². The second kappa shape index (κ2) is 5.99. The number of hydrogen-bond acceptors (Lipinski definition) is 3. The Kier molecular flexibility index (Phi) is 3.49. The molecule has 0 N–H and O–H groups in total. The van der Waals surface area contributed by atoms with Crippen LogP contribution in [-0.4, -0.2) is 10.7 Å². The summed E-state index contributed by atoms with van der Waals surface area (Å²) in [7, 11) is 0. The lowest BCUT2D eigenvalue weighted by atomic mass is 9.96. The van der Waals surface area contributed by atoms with Crippen molar-refractivity contribution in [2.24, 2.45) is 5.10 Å². The Hall–Kier alpha value is -3.14. The fourth-order valence-electron chi connectivity index (χ4n) is 3.69. The SMILES string of the molecule is Fc1ccc(C2=NN3[C@@H](C2)c2ccccc2O[C@H]3c2ccccc2)cc1. The summed E-state index contributed by atoms with van der Waals surface area (Å²) in [4.78, 5) is 0. The minimum absolute atomic E-state index is 0.116. The van der Waals surface area contributed by atoms with E-state index in [1.165, 1.54) is 12.1 Å². The summed E-state index contributed by atoms with van der Waals surface area (Å²) in [5, 5.41) is 6.91. The predicted octanol–water partition coefficient (Wildman–Crippen LogP) is 5.07. The van der Waals surface area contributed by atoms with Crippen LogP contribution in [0.25, 0.3) is 0 Å². The van der Waals surface area contributed by atoms with Gasteiger partial charge in [0.05, 0.1) is 11.8 Å². The molecule has 0 fully saturated rings. The lowest BCUT2D eigenvalue weighted by Crippen LogP contribution is -2.33. The van der Waals surface area contributed by atoms with Gasteiger partial charge < -0.3 is 4.74 Å². The van der Waals surface area contributed by atoms with Crippen LogP contribution in [-0.2, 0) is 0 Å². The molecule has 26 heavy (non-hydrogen) atoms. The topological polar surface area (TPSA) is 24.8 Å². The molecule has 0 aromatic heterocycles. The van der Waals surface area contributed by atoms with Crippen LogP contribution in [0.5, 0.6) is 5.75 Å². The zero-order valence-electron chi connectivity index (χ0n) is 14.0. The molecule has 0 saturated heterocycles. The molecule has 3 aromatic rings. The molecule has 0 bridgehead atoms. The maximum absolute atomic E-state index is 13.3. The van der Waals surface area contributed by atoms with Gasteiger partial charge in [0.2, 0.25) is 6.23 Å². The van der Waals surface area contributed by atoms with E-state index in [1.807, 2.05) is 41.4 Å². The standard InChI is InChI=1S/C22H17FN2O/c23-17-12-10-15(11-13-17)19-14-20-18-8-4-5-9-21(18)26-22(25(20)24-19)16-6-2-1-3-7-16/h1-13,20,22H,14H2/t20-,22-/m0/s1. The van der Waals surface area contributed by atoms with Crippen molar-refractivity contribution in [3.63, 3.8) is 0 Å². The zero-order chi connectivity index (χ0) is 17.5. The number of ether oxygens (including phenoxy) is 1. The fourth-order valence-corrected chi connectivity index (χ4v) is 3.69. The lowest BCUT2D eigenvalue weighted by Gasteiger charge is -2.38. The fraction of sp³-hybridized carbons (Fsp3) is 0.136. The van der Waals surface area contributed by atoms with Crippen molar-refractivity contribution < 1.29 is 9.13 Å². The first-order valence-electron chi connectivity index (χ1n) is 8.72. The maximum atomic E-state index is 13.3. The third kappa shape index (κ3) is 2.46. The van der Waals surface area contributed by atoms with E-state index < -0.39 is 0 Å². The molecule has 0 aliphatic carbocycles. The first-order valence-corrected chi connectivity index (χ1v) is 8.72. The highest BCUT2D eigenvalue weighted by molar-refractivity contribution is 6.01. The predicted molar refractivity (Wildman–Crippen MR) is 98.4 cm³/mol. The smallest absolute Gasteiger partial charge is 0.213 e. The molecule has 3 aromatic carbocycles. The molecular formula is C22H17FN2O. The van der Waals surface area contributed by atoms with E-state index in [0.717, 1.165) is 34.6 Å². The number of fused-ring (bicyclic) bond motifs is 3. The van der Waals surface area contributed by atoms with E-state index in [1.54, 1.807) is 12.1 Å². The Morgan fingerprint density at radius 1 is 0.885 bits per heavy atom. The zero-order valence-corrected chi connectivity index (χ0v) is 14.0. The first kappa shape index (κ1) is 15.1. The highest BCUT2D eigenvalue weighted by Crippen LogP contribution is 2.47. The van der Waals surface area contributed by atoms with Crippen molar-refractivity contribution >= 4 is 5.71 Å². The largest absolute Gasteiger partial charge is 0.464 e. The van der Waals surface area contributed by atoms with Crippen LogP contribution in [0, 0.1) is 5.82 Å². The molecule has 0 saturated carbocycles. The number of para-hydroxylation sites is 1. The molecule has 2 aliphatic heterocycles. The second-order valence-corrected chi connectivity index (χ2v) is 6.57. The quantitative estimate of drug-likeness (QED) is 0.648. The summed E-state index contributed by atoms with van der Waals surface area (Å²) in [6.45, 7) is 0. The molecule has 0 amide bonds. The molecule has 0 unspecified atom stereocenters. The molecular weight excluding hydrogens is 327 g/mol. The molecule has 3 nitrogen and oxygen atoms in total. The lowest BCUT2D eigenvalue weighted by molar-refractivity contribution is -0.0190. The van der Waals surface area contributed by atoms with Gasteiger partial charge >= 0.3 is 0 Å². The summed E-state index contributed by atoms with van der Waals surface area (Å²) in [6, 6.07) is 24.9. The van der Waals surface area contributed by atoms with Crippen molar-refractivity contribution in [3.8, 4) is 5.75 Å². The van der Waals surface area contributed by atoms with Crippen LogP contribution < -0.4 is 4.74 Å². The first-order chi connectivity index (χ1) is 12.8. The van der Waals surface area contributed by atoms with Crippen molar-refractivity contribution in [1.29, 1.82) is 0 Å². The highest BCUT2D eigenvalue weighted by atomic mass is 19.1. The number of halogens is 1. The number of rotatable bonds is 2. The van der Waals surface area contributed by atoms with Gasteiger partial charge in [0.15, 0.2) is 0 Å². The van der Waals surface area contributed by atoms with Gasteiger partial charge in [-0.1, -0.05) is 60.7 Å². The minimum atomic E-state index is -0.269. The Bertz CT molecular complexity index is 969. The van der Waals surface area contributed by atoms with Gasteiger partial charge in [-0.2, -0.15) is 5.10 Å². The highest BCUT2D eigenvalue weighted by Gasteiger charge is 2.40. The van der Waals surface area contributed by atoms with E-state index in [4.69, 9.17) is 9.84 Å². The molecule has 0 spiro atoms. The van der Waals surface area contributed by atoms with Crippen LogP contribution in [0.2, 0.25) is 0 Å². The van der Waals surface area contributed by atoms with E-state index >= 15 is 0 Å². The number of benzene rings is 3. The van der Waals surface area contributed by atoms with E-state index in [0.29, 0.717) is 0 Å². The van der Waals surface area contributed by atoms with Gasteiger partial charge in [-0.05, 0) is 23.8 Å². The van der Waals surface area contributed by atoms with Crippen molar-refractivity contribution in [1.82, 2.24) is 5.01 Å². The summed E-state index contributed by atoms with van der Waals surface area (Å²) in [6.07, 6.45) is 0.504. The van der Waals surface area contributed by atoms with Gasteiger partial charge in [-0.25, -0.2) is 9.40 Å². The van der Waals surface area contributed by atoms with E-state index in [-0.39, 0.29) is 18.1 Å². The van der Waals surface area contributed by atoms with E-state index in [9.17, 15) is 4.39 Å². The third-order valence-corrected chi connectivity index (χ3v) is 4.96. The third-order valence-electron chi connectivity index (χ3n) is 4.96. The van der Waals surface area contributed by atoms with Gasteiger partial charge in [0.1, 0.15) is 11.6 Å². The summed E-state index contributed by atoms with van der Waals surface area (Å²) < 4.78 is 19.6. The number of hydrazone groups is 1. The molecule has 0 radical (unpaired) electrons. The monoisotopic (exact) mass is 344 g/mol. The summed E-state index contributed by atoms with van der Waals surface area (Å²) in [5.74, 6) is 0.666. The number of nitrogens with zero attached hydrogens (tertiary/aromatic N) is 2. The Morgan fingerprint density at radius 3 is 2.42 bits per heavy atom. The molecule has 2 aliphatic rings. The Morgan fingerprint density at radius 2 is 1.62 bits per heavy atom. The molecule has 5 rings (SSSR count). The van der Waals surface area contributed by atoms with Crippen LogP contribution in [0.15, 0.2) is 84.0 Å². The maximum Gasteiger partial charge on any atom is 0.213 e. The van der Waals surface area contributed by atoms with Crippen molar-refractivity contribution in [3.05, 3.63) is 101 Å². The van der Waals surface area contributed by atoms with E-state index in [2.05, 4.69) is 18.2 Å². The molecule has 2 heterocycles. The van der Waals surface area contributed by atoms with Crippen LogP contribution in [0.1, 0.15) is 35.4 Å². The van der Waals surface area contributed by atoms with Crippen LogP contribution in [0.4, 0.5) is 4.39 Å². The van der Waals surface area contributed by atoms with Gasteiger partial charge in [-0.15, -0.1) is 0 Å². The Balaban J connectivity index is 1.59. The average molecular weight is 344 g/mol. The van der Waals surface area contributed by atoms with Crippen molar-refractivity contribution in [2.75, 3.05) is 0 Å². The minimum Gasteiger partial charge on any atom is -0.464 e. The summed E-state index contributed by atoms with van der Waals surface area (Å²) in [5.41, 5.74) is 4.11. The second-order valence-electron chi connectivity index (χ2n) is 6.57. The molecule has 2 atom stereocenters. The van der Waals surface area contributed by atoms with Gasteiger partial charge in [-0.3, -0.25) is 0 Å². The summed E-state index contributed by atoms with van der Waals surface area (Å²) >= 11 is 0.